The Bertz CT molecular complexity index is 504. The standard InChI is InChI=1S/C11H13ClN4/c1-7-5-9(12)3-4-11(7)16-6-10(8(2)13)14-15-16/h3-6,8H,13H2,1-2H3. The highest BCUT2D eigenvalue weighted by molar-refractivity contribution is 6.30. The molecule has 0 spiro atoms. The molecule has 0 saturated carbocycles. The van der Waals surface area contributed by atoms with Gasteiger partial charge in [-0.15, -0.1) is 5.10 Å². The molecule has 0 fully saturated rings. The van der Waals surface area contributed by atoms with E-state index in [0.29, 0.717) is 5.02 Å². The Morgan fingerprint density at radius 2 is 2.19 bits per heavy atom. The second-order valence-electron chi connectivity index (χ2n) is 3.81. The Balaban J connectivity index is 2.42. The Morgan fingerprint density at radius 1 is 1.44 bits per heavy atom. The van der Waals surface area contributed by atoms with Crippen molar-refractivity contribution in [3.05, 3.63) is 40.7 Å². The number of hydrogen-bond acceptors (Lipinski definition) is 3. The van der Waals surface area contributed by atoms with Gasteiger partial charge < -0.3 is 5.73 Å². The molecule has 2 rings (SSSR count). The van der Waals surface area contributed by atoms with Crippen molar-refractivity contribution < 1.29 is 0 Å². The molecule has 0 aliphatic rings. The van der Waals surface area contributed by atoms with Crippen LogP contribution in [0.5, 0.6) is 0 Å². The van der Waals surface area contributed by atoms with Gasteiger partial charge in [-0.25, -0.2) is 4.68 Å². The molecule has 1 unspecified atom stereocenters. The minimum absolute atomic E-state index is 0.110. The van der Waals surface area contributed by atoms with Crippen molar-refractivity contribution in [1.29, 1.82) is 0 Å². The lowest BCUT2D eigenvalue weighted by atomic mass is 10.2. The third kappa shape index (κ3) is 2.08. The van der Waals surface area contributed by atoms with Gasteiger partial charge >= 0.3 is 0 Å². The van der Waals surface area contributed by atoms with Crippen LogP contribution in [0.25, 0.3) is 5.69 Å². The summed E-state index contributed by atoms with van der Waals surface area (Å²) in [5, 5.41) is 8.77. The molecule has 2 N–H and O–H groups in total. The normalized spacial score (nSPS) is 12.8. The molecule has 0 aliphatic heterocycles. The van der Waals surface area contributed by atoms with Gasteiger partial charge in [0.1, 0.15) is 0 Å². The fourth-order valence-electron chi connectivity index (χ4n) is 1.48. The van der Waals surface area contributed by atoms with E-state index in [0.717, 1.165) is 16.9 Å². The number of hydrogen-bond donors (Lipinski definition) is 1. The minimum atomic E-state index is -0.110. The Morgan fingerprint density at radius 3 is 2.75 bits per heavy atom. The molecule has 1 atom stereocenters. The minimum Gasteiger partial charge on any atom is -0.323 e. The fraction of sp³-hybridized carbons (Fsp3) is 0.273. The molecule has 0 saturated heterocycles. The van der Waals surface area contributed by atoms with Crippen molar-refractivity contribution in [3.63, 3.8) is 0 Å². The van der Waals surface area contributed by atoms with E-state index in [4.69, 9.17) is 17.3 Å². The molecular formula is C11H13ClN4. The average molecular weight is 237 g/mol. The largest absolute Gasteiger partial charge is 0.323 e. The zero-order valence-electron chi connectivity index (χ0n) is 9.18. The van der Waals surface area contributed by atoms with Crippen molar-refractivity contribution in [1.82, 2.24) is 15.0 Å². The van der Waals surface area contributed by atoms with E-state index in [9.17, 15) is 0 Å². The van der Waals surface area contributed by atoms with E-state index in [1.165, 1.54) is 0 Å². The second-order valence-corrected chi connectivity index (χ2v) is 4.24. The molecule has 0 aliphatic carbocycles. The van der Waals surface area contributed by atoms with Gasteiger partial charge in [0.05, 0.1) is 17.6 Å². The average Bonchev–Trinajstić information content (AvgIpc) is 2.66. The van der Waals surface area contributed by atoms with Gasteiger partial charge in [0.2, 0.25) is 0 Å². The first-order valence-corrected chi connectivity index (χ1v) is 5.40. The summed E-state index contributed by atoms with van der Waals surface area (Å²) in [5.74, 6) is 0. The molecule has 0 radical (unpaired) electrons. The SMILES string of the molecule is Cc1cc(Cl)ccc1-n1cc(C(C)N)nn1. The van der Waals surface area contributed by atoms with Crippen molar-refractivity contribution in [2.45, 2.75) is 19.9 Å². The number of halogens is 1. The van der Waals surface area contributed by atoms with Gasteiger partial charge in [0, 0.05) is 11.1 Å². The molecule has 84 valence electrons. The van der Waals surface area contributed by atoms with E-state index >= 15 is 0 Å². The van der Waals surface area contributed by atoms with Crippen LogP contribution < -0.4 is 5.73 Å². The second kappa shape index (κ2) is 4.23. The highest BCUT2D eigenvalue weighted by Gasteiger charge is 2.08. The maximum absolute atomic E-state index is 5.89. The van der Waals surface area contributed by atoms with Crippen LogP contribution in [0.1, 0.15) is 24.2 Å². The number of aromatic nitrogens is 3. The smallest absolute Gasteiger partial charge is 0.0995 e. The highest BCUT2D eigenvalue weighted by atomic mass is 35.5. The van der Waals surface area contributed by atoms with Gasteiger partial charge in [-0.05, 0) is 37.6 Å². The number of nitrogens with zero attached hydrogens (tertiary/aromatic N) is 3. The lowest BCUT2D eigenvalue weighted by molar-refractivity contribution is 0.755. The van der Waals surface area contributed by atoms with Crippen molar-refractivity contribution in [2.75, 3.05) is 0 Å². The summed E-state index contributed by atoms with van der Waals surface area (Å²) < 4.78 is 1.71. The van der Waals surface area contributed by atoms with E-state index in [1.54, 1.807) is 4.68 Å². The molecule has 0 amide bonds. The maximum Gasteiger partial charge on any atom is 0.0995 e. The molecule has 1 aromatic carbocycles. The monoisotopic (exact) mass is 236 g/mol. The highest BCUT2D eigenvalue weighted by Crippen LogP contribution is 2.18. The van der Waals surface area contributed by atoms with Gasteiger partial charge in [-0.1, -0.05) is 16.8 Å². The number of benzene rings is 1. The van der Waals surface area contributed by atoms with E-state index < -0.39 is 0 Å². The lowest BCUT2D eigenvalue weighted by Crippen LogP contribution is -2.05. The fourth-order valence-corrected chi connectivity index (χ4v) is 1.71. The van der Waals surface area contributed by atoms with Crippen LogP contribution in [-0.2, 0) is 0 Å². The zero-order valence-corrected chi connectivity index (χ0v) is 9.94. The first-order chi connectivity index (χ1) is 7.58. The third-order valence-electron chi connectivity index (χ3n) is 2.38. The molecular weight excluding hydrogens is 224 g/mol. The van der Waals surface area contributed by atoms with Crippen LogP contribution in [0.4, 0.5) is 0 Å². The Kier molecular flexibility index (Phi) is 2.94. The summed E-state index contributed by atoms with van der Waals surface area (Å²) in [6.45, 7) is 3.86. The summed E-state index contributed by atoms with van der Waals surface area (Å²) in [7, 11) is 0. The van der Waals surface area contributed by atoms with Crippen LogP contribution >= 0.6 is 11.6 Å². The first kappa shape index (κ1) is 11.1. The lowest BCUT2D eigenvalue weighted by Gasteiger charge is -2.04. The Hall–Kier alpha value is -1.39. The zero-order chi connectivity index (χ0) is 11.7. The number of nitrogens with two attached hydrogens (primary N) is 1. The van der Waals surface area contributed by atoms with Gasteiger partial charge in [-0.2, -0.15) is 0 Å². The molecule has 4 nitrogen and oxygen atoms in total. The van der Waals surface area contributed by atoms with Gasteiger partial charge in [0.25, 0.3) is 0 Å². The van der Waals surface area contributed by atoms with Crippen molar-refractivity contribution in [3.8, 4) is 5.69 Å². The van der Waals surface area contributed by atoms with Crippen molar-refractivity contribution in [2.24, 2.45) is 5.73 Å². The van der Waals surface area contributed by atoms with Crippen LogP contribution in [0.15, 0.2) is 24.4 Å². The molecule has 2 aromatic rings. The summed E-state index contributed by atoms with van der Waals surface area (Å²) >= 11 is 5.89. The van der Waals surface area contributed by atoms with Crippen LogP contribution in [0.2, 0.25) is 5.02 Å². The summed E-state index contributed by atoms with van der Waals surface area (Å²) in [5.41, 5.74) is 8.51. The van der Waals surface area contributed by atoms with Crippen molar-refractivity contribution >= 4 is 11.6 Å². The Labute approximate surface area is 99.0 Å². The van der Waals surface area contributed by atoms with Crippen LogP contribution in [0, 0.1) is 6.92 Å². The molecule has 16 heavy (non-hydrogen) atoms. The van der Waals surface area contributed by atoms with E-state index in [2.05, 4.69) is 10.3 Å². The third-order valence-corrected chi connectivity index (χ3v) is 2.62. The summed E-state index contributed by atoms with van der Waals surface area (Å²) in [6, 6.07) is 5.53. The number of rotatable bonds is 2. The predicted molar refractivity (Wildman–Crippen MR) is 63.7 cm³/mol. The maximum atomic E-state index is 5.89. The molecule has 1 aromatic heterocycles. The van der Waals surface area contributed by atoms with E-state index in [-0.39, 0.29) is 6.04 Å². The molecule has 0 bridgehead atoms. The quantitative estimate of drug-likeness (QED) is 0.870. The van der Waals surface area contributed by atoms with Crippen LogP contribution in [-0.4, -0.2) is 15.0 Å². The summed E-state index contributed by atoms with van der Waals surface area (Å²) in [4.78, 5) is 0. The first-order valence-electron chi connectivity index (χ1n) is 5.02. The molecule has 5 heteroatoms. The topological polar surface area (TPSA) is 56.7 Å². The predicted octanol–water partition coefficient (Wildman–Crippen LogP) is 2.25. The number of aryl methyl sites for hydroxylation is 1. The molecule has 1 heterocycles. The van der Waals surface area contributed by atoms with E-state index in [1.807, 2.05) is 38.2 Å². The van der Waals surface area contributed by atoms with Gasteiger partial charge in [-0.3, -0.25) is 0 Å². The van der Waals surface area contributed by atoms with Gasteiger partial charge in [0.15, 0.2) is 0 Å². The summed E-state index contributed by atoms with van der Waals surface area (Å²) in [6.07, 6.45) is 1.83. The van der Waals surface area contributed by atoms with Crippen LogP contribution in [0.3, 0.4) is 0 Å².